The lowest BCUT2D eigenvalue weighted by Crippen LogP contribution is -2.29. The molecule has 1 aliphatic rings. The molecule has 6 nitrogen and oxygen atoms in total. The molecule has 4 rings (SSSR count). The maximum absolute atomic E-state index is 12.7. The number of aromatic nitrogens is 1. The first kappa shape index (κ1) is 24.0. The third kappa shape index (κ3) is 5.48. The number of fused-ring (bicyclic) bond motifs is 1. The van der Waals surface area contributed by atoms with Gasteiger partial charge >= 0.3 is 0 Å². The number of pyridine rings is 1. The zero-order valence-corrected chi connectivity index (χ0v) is 20.8. The number of hydrogen-bond donors (Lipinski definition) is 1. The van der Waals surface area contributed by atoms with E-state index in [1.165, 1.54) is 28.7 Å². The molecule has 3 heterocycles. The van der Waals surface area contributed by atoms with Crippen molar-refractivity contribution in [3.63, 3.8) is 0 Å². The monoisotopic (exact) mass is 487 g/mol. The van der Waals surface area contributed by atoms with Crippen LogP contribution in [0.5, 0.6) is 0 Å². The van der Waals surface area contributed by atoms with Gasteiger partial charge in [0.05, 0.1) is 16.9 Å². The number of rotatable bonds is 7. The number of anilines is 1. The molecule has 0 saturated carbocycles. The van der Waals surface area contributed by atoms with Crippen molar-refractivity contribution < 1.29 is 4.79 Å². The molecule has 34 heavy (non-hydrogen) atoms. The first-order chi connectivity index (χ1) is 16.5. The van der Waals surface area contributed by atoms with E-state index in [9.17, 15) is 15.3 Å². The molecule has 0 bridgehead atoms. The Kier molecular flexibility index (Phi) is 7.64. The molecule has 172 valence electrons. The smallest absolute Gasteiger partial charge is 0.235 e. The van der Waals surface area contributed by atoms with Gasteiger partial charge in [-0.3, -0.25) is 9.69 Å². The minimum atomic E-state index is -0.207. The van der Waals surface area contributed by atoms with Crippen LogP contribution in [0.25, 0.3) is 0 Å². The van der Waals surface area contributed by atoms with E-state index in [1.54, 1.807) is 6.07 Å². The van der Waals surface area contributed by atoms with Gasteiger partial charge in [0, 0.05) is 30.2 Å². The van der Waals surface area contributed by atoms with Crippen molar-refractivity contribution in [2.24, 2.45) is 0 Å². The zero-order chi connectivity index (χ0) is 24.1. The van der Waals surface area contributed by atoms with Gasteiger partial charge in [-0.05, 0) is 35.6 Å². The molecule has 0 atom stereocenters. The Bertz CT molecular complexity index is 1270. The predicted octanol–water partition coefficient (Wildman–Crippen LogP) is 5.30. The van der Waals surface area contributed by atoms with Crippen molar-refractivity contribution in [1.29, 1.82) is 10.5 Å². The number of hydrogen-bond acceptors (Lipinski definition) is 7. The van der Waals surface area contributed by atoms with E-state index in [4.69, 9.17) is 0 Å². The van der Waals surface area contributed by atoms with Crippen LogP contribution in [-0.2, 0) is 24.3 Å². The molecule has 0 aliphatic carbocycles. The summed E-state index contributed by atoms with van der Waals surface area (Å²) in [6, 6.07) is 18.4. The summed E-state index contributed by atoms with van der Waals surface area (Å²) in [6.07, 6.45) is 0.795. The maximum Gasteiger partial charge on any atom is 0.235 e. The van der Waals surface area contributed by atoms with Crippen LogP contribution < -0.4 is 5.32 Å². The average Bonchev–Trinajstić information content (AvgIpc) is 3.19. The van der Waals surface area contributed by atoms with Crippen molar-refractivity contribution in [1.82, 2.24) is 9.88 Å². The van der Waals surface area contributed by atoms with Crippen LogP contribution >= 0.6 is 23.1 Å². The summed E-state index contributed by atoms with van der Waals surface area (Å²) in [5, 5.41) is 23.3. The highest BCUT2D eigenvalue weighted by Crippen LogP contribution is 2.37. The van der Waals surface area contributed by atoms with E-state index in [-0.39, 0.29) is 17.6 Å². The normalized spacial score (nSPS) is 13.2. The summed E-state index contributed by atoms with van der Waals surface area (Å²) in [6.45, 7) is 6.59. The van der Waals surface area contributed by atoms with Crippen LogP contribution in [0.1, 0.15) is 52.6 Å². The Morgan fingerprint density at radius 2 is 2.00 bits per heavy atom. The molecule has 0 fully saturated rings. The summed E-state index contributed by atoms with van der Waals surface area (Å²) >= 11 is 2.74. The summed E-state index contributed by atoms with van der Waals surface area (Å²) in [4.78, 5) is 20.8. The van der Waals surface area contributed by atoms with Gasteiger partial charge in [0.25, 0.3) is 0 Å². The van der Waals surface area contributed by atoms with E-state index < -0.39 is 0 Å². The Morgan fingerprint density at radius 1 is 1.21 bits per heavy atom. The highest BCUT2D eigenvalue weighted by molar-refractivity contribution is 8.00. The first-order valence-electron chi connectivity index (χ1n) is 11.1. The van der Waals surface area contributed by atoms with Gasteiger partial charge in [0.2, 0.25) is 5.91 Å². The standard InChI is InChI=1S/C26H25N5OS2/c1-17(2)22-9-8-19(12-27)25(29-22)33-16-24(32)30-26-21(13-28)20-10-11-31(15-23(20)34-26)14-18-6-4-3-5-7-18/h3-9,17H,10-11,14-16H2,1-2H3,(H,30,32). The van der Waals surface area contributed by atoms with Crippen LogP contribution in [-0.4, -0.2) is 28.1 Å². The summed E-state index contributed by atoms with van der Waals surface area (Å²) in [7, 11) is 0. The molecule has 1 aromatic carbocycles. The molecular weight excluding hydrogens is 462 g/mol. The van der Waals surface area contributed by atoms with Gasteiger partial charge < -0.3 is 5.32 Å². The predicted molar refractivity (Wildman–Crippen MR) is 136 cm³/mol. The fourth-order valence-electron chi connectivity index (χ4n) is 3.91. The number of thioether (sulfide) groups is 1. The lowest BCUT2D eigenvalue weighted by molar-refractivity contribution is -0.113. The molecule has 0 radical (unpaired) electrons. The number of carbonyl (C=O) groups excluding carboxylic acids is 1. The van der Waals surface area contributed by atoms with Gasteiger partial charge in [0.1, 0.15) is 22.2 Å². The molecule has 0 spiro atoms. The van der Waals surface area contributed by atoms with E-state index >= 15 is 0 Å². The fraction of sp³-hybridized carbons (Fsp3) is 0.308. The highest BCUT2D eigenvalue weighted by Gasteiger charge is 2.25. The molecule has 1 aliphatic heterocycles. The van der Waals surface area contributed by atoms with E-state index in [1.807, 2.05) is 38.1 Å². The Balaban J connectivity index is 1.43. The van der Waals surface area contributed by atoms with Gasteiger partial charge in [-0.1, -0.05) is 55.9 Å². The summed E-state index contributed by atoms with van der Waals surface area (Å²) in [5.74, 6) is 0.149. The number of carbonyl (C=O) groups is 1. The largest absolute Gasteiger partial charge is 0.316 e. The Labute approximate surface area is 208 Å². The lowest BCUT2D eigenvalue weighted by atomic mass is 10.0. The molecule has 1 N–H and O–H groups in total. The molecule has 3 aromatic rings. The molecular formula is C26H25N5OS2. The SMILES string of the molecule is CC(C)c1ccc(C#N)c(SCC(=O)Nc2sc3c(c2C#N)CCN(Cc2ccccc2)C3)n1. The van der Waals surface area contributed by atoms with Crippen molar-refractivity contribution in [3.05, 3.63) is 75.3 Å². The van der Waals surface area contributed by atoms with Crippen LogP contribution in [0.3, 0.4) is 0 Å². The second kappa shape index (κ2) is 10.8. The molecule has 1 amide bonds. The second-order valence-corrected chi connectivity index (χ2v) is 10.5. The van der Waals surface area contributed by atoms with Crippen molar-refractivity contribution in [2.75, 3.05) is 17.6 Å². The topological polar surface area (TPSA) is 92.8 Å². The average molecular weight is 488 g/mol. The maximum atomic E-state index is 12.7. The third-order valence-electron chi connectivity index (χ3n) is 5.68. The van der Waals surface area contributed by atoms with E-state index in [0.717, 1.165) is 42.2 Å². The zero-order valence-electron chi connectivity index (χ0n) is 19.2. The van der Waals surface area contributed by atoms with Crippen LogP contribution in [0, 0.1) is 22.7 Å². The van der Waals surface area contributed by atoms with Gasteiger partial charge in [-0.2, -0.15) is 10.5 Å². The Hall–Kier alpha value is -3.17. The second-order valence-electron chi connectivity index (χ2n) is 8.46. The van der Waals surface area contributed by atoms with Crippen molar-refractivity contribution in [3.8, 4) is 12.1 Å². The number of benzene rings is 1. The quantitative estimate of drug-likeness (QED) is 0.455. The minimum Gasteiger partial charge on any atom is -0.316 e. The van der Waals surface area contributed by atoms with E-state index in [0.29, 0.717) is 21.2 Å². The highest BCUT2D eigenvalue weighted by atomic mass is 32.2. The Morgan fingerprint density at radius 3 is 2.71 bits per heavy atom. The molecule has 0 unspecified atom stereocenters. The van der Waals surface area contributed by atoms with Crippen molar-refractivity contribution in [2.45, 2.75) is 44.3 Å². The van der Waals surface area contributed by atoms with E-state index in [2.05, 4.69) is 39.5 Å². The molecule has 2 aromatic heterocycles. The number of nitrogens with one attached hydrogen (secondary N) is 1. The van der Waals surface area contributed by atoms with Gasteiger partial charge in [-0.15, -0.1) is 11.3 Å². The number of nitrogens with zero attached hydrogens (tertiary/aromatic N) is 4. The number of amides is 1. The third-order valence-corrected chi connectivity index (χ3v) is 7.81. The first-order valence-corrected chi connectivity index (χ1v) is 12.9. The summed E-state index contributed by atoms with van der Waals surface area (Å²) in [5.41, 5.74) is 4.25. The summed E-state index contributed by atoms with van der Waals surface area (Å²) < 4.78 is 0. The lowest BCUT2D eigenvalue weighted by Gasteiger charge is -2.26. The van der Waals surface area contributed by atoms with Gasteiger partial charge in [0.15, 0.2) is 0 Å². The number of nitriles is 2. The number of thiophene rings is 1. The molecule has 0 saturated heterocycles. The molecule has 8 heteroatoms. The van der Waals surface area contributed by atoms with Crippen LogP contribution in [0.15, 0.2) is 47.5 Å². The van der Waals surface area contributed by atoms with Crippen LogP contribution in [0.4, 0.5) is 5.00 Å². The van der Waals surface area contributed by atoms with Gasteiger partial charge in [-0.25, -0.2) is 4.98 Å². The minimum absolute atomic E-state index is 0.122. The van der Waals surface area contributed by atoms with Crippen molar-refractivity contribution >= 4 is 34.0 Å². The van der Waals surface area contributed by atoms with Crippen LogP contribution in [0.2, 0.25) is 0 Å². The fourth-order valence-corrected chi connectivity index (χ4v) is 5.94.